The molecule has 5 nitrogen and oxygen atoms in total. The molecule has 1 N–H and O–H groups in total. The molecular weight excluding hydrogens is 340 g/mol. The van der Waals surface area contributed by atoms with E-state index in [0.717, 1.165) is 18.4 Å². The number of furan rings is 1. The van der Waals surface area contributed by atoms with E-state index in [9.17, 15) is 9.59 Å². The second-order valence-corrected chi connectivity index (χ2v) is 6.67. The topological polar surface area (TPSA) is 62.6 Å². The molecule has 132 valence electrons. The fourth-order valence-electron chi connectivity index (χ4n) is 3.00. The number of carbonyl (C=O) groups is 2. The maximum atomic E-state index is 12.4. The first kappa shape index (κ1) is 17.5. The minimum Gasteiger partial charge on any atom is -0.459 e. The Bertz CT molecular complexity index is 705. The molecule has 0 aliphatic carbocycles. The number of halogens is 1. The number of rotatable bonds is 5. The van der Waals surface area contributed by atoms with E-state index in [2.05, 4.69) is 5.32 Å². The lowest BCUT2D eigenvalue weighted by Gasteiger charge is -2.32. The van der Waals surface area contributed by atoms with E-state index in [4.69, 9.17) is 16.0 Å². The normalized spacial score (nSPS) is 15.2. The molecule has 1 fully saturated rings. The van der Waals surface area contributed by atoms with Crippen molar-refractivity contribution in [3.05, 3.63) is 59.0 Å². The van der Waals surface area contributed by atoms with Crippen LogP contribution in [0.25, 0.3) is 0 Å². The van der Waals surface area contributed by atoms with E-state index in [1.807, 2.05) is 29.2 Å². The third-order valence-corrected chi connectivity index (χ3v) is 4.72. The maximum Gasteiger partial charge on any atom is 0.287 e. The molecule has 0 atom stereocenters. The zero-order valence-electron chi connectivity index (χ0n) is 13.9. The fraction of sp³-hybridized carbons (Fsp3) is 0.368. The first-order valence-corrected chi connectivity index (χ1v) is 8.86. The van der Waals surface area contributed by atoms with E-state index in [0.29, 0.717) is 36.7 Å². The van der Waals surface area contributed by atoms with Crippen molar-refractivity contribution in [3.8, 4) is 0 Å². The van der Waals surface area contributed by atoms with Crippen LogP contribution < -0.4 is 5.32 Å². The summed E-state index contributed by atoms with van der Waals surface area (Å²) in [5, 5.41) is 3.66. The average molecular weight is 361 g/mol. The number of hydrogen-bond acceptors (Lipinski definition) is 3. The maximum absolute atomic E-state index is 12.4. The number of nitrogens with one attached hydrogen (secondary N) is 1. The highest BCUT2D eigenvalue weighted by Gasteiger charge is 2.24. The fourth-order valence-corrected chi connectivity index (χ4v) is 3.12. The Kier molecular flexibility index (Phi) is 5.76. The van der Waals surface area contributed by atoms with Gasteiger partial charge in [-0.25, -0.2) is 0 Å². The zero-order valence-corrected chi connectivity index (χ0v) is 14.7. The summed E-state index contributed by atoms with van der Waals surface area (Å²) >= 11 is 5.87. The van der Waals surface area contributed by atoms with Gasteiger partial charge in [0, 0.05) is 30.6 Å². The lowest BCUT2D eigenvalue weighted by atomic mass is 10.0. The number of benzene rings is 1. The lowest BCUT2D eigenvalue weighted by Crippen LogP contribution is -2.46. The second kappa shape index (κ2) is 8.21. The van der Waals surface area contributed by atoms with Gasteiger partial charge in [0.15, 0.2) is 5.76 Å². The highest BCUT2D eigenvalue weighted by molar-refractivity contribution is 6.30. The summed E-state index contributed by atoms with van der Waals surface area (Å²) in [5.74, 6) is 0.282. The van der Waals surface area contributed by atoms with Gasteiger partial charge in [0.2, 0.25) is 5.91 Å². The highest BCUT2D eigenvalue weighted by atomic mass is 35.5. The summed E-state index contributed by atoms with van der Waals surface area (Å²) in [5.41, 5.74) is 1.11. The number of carbonyl (C=O) groups excluding carboxylic acids is 2. The minimum absolute atomic E-state index is 0.0814. The summed E-state index contributed by atoms with van der Waals surface area (Å²) in [4.78, 5) is 26.2. The summed E-state index contributed by atoms with van der Waals surface area (Å²) < 4.78 is 5.09. The smallest absolute Gasteiger partial charge is 0.287 e. The number of nitrogens with zero attached hydrogens (tertiary/aromatic N) is 1. The molecule has 1 aliphatic rings. The van der Waals surface area contributed by atoms with Gasteiger partial charge >= 0.3 is 0 Å². The van der Waals surface area contributed by atoms with Crippen LogP contribution in [-0.2, 0) is 11.2 Å². The Hall–Kier alpha value is -2.27. The van der Waals surface area contributed by atoms with Crippen molar-refractivity contribution in [2.45, 2.75) is 31.7 Å². The molecular formula is C19H21ClN2O3. The predicted molar refractivity (Wildman–Crippen MR) is 95.5 cm³/mol. The second-order valence-electron chi connectivity index (χ2n) is 6.23. The van der Waals surface area contributed by atoms with Crippen LogP contribution in [0.1, 0.15) is 35.4 Å². The van der Waals surface area contributed by atoms with Gasteiger partial charge in [-0.3, -0.25) is 9.59 Å². The summed E-state index contributed by atoms with van der Waals surface area (Å²) in [7, 11) is 0. The van der Waals surface area contributed by atoms with E-state index in [1.165, 1.54) is 6.26 Å². The molecule has 1 aliphatic heterocycles. The van der Waals surface area contributed by atoms with Gasteiger partial charge in [-0.1, -0.05) is 23.7 Å². The van der Waals surface area contributed by atoms with Crippen LogP contribution in [0.2, 0.25) is 5.02 Å². The van der Waals surface area contributed by atoms with E-state index in [-0.39, 0.29) is 17.9 Å². The van der Waals surface area contributed by atoms with E-state index in [1.54, 1.807) is 12.1 Å². The minimum atomic E-state index is -0.197. The first-order valence-electron chi connectivity index (χ1n) is 8.48. The van der Waals surface area contributed by atoms with Gasteiger partial charge in [-0.05, 0) is 49.1 Å². The van der Waals surface area contributed by atoms with Crippen molar-refractivity contribution in [3.63, 3.8) is 0 Å². The van der Waals surface area contributed by atoms with Crippen LogP contribution in [0.15, 0.2) is 47.1 Å². The SMILES string of the molecule is O=C(NC1CCN(C(=O)CCc2ccc(Cl)cc2)CC1)c1ccco1. The highest BCUT2D eigenvalue weighted by Crippen LogP contribution is 2.15. The number of aryl methyl sites for hydroxylation is 1. The third kappa shape index (κ3) is 4.86. The molecule has 25 heavy (non-hydrogen) atoms. The van der Waals surface area contributed by atoms with Gasteiger partial charge < -0.3 is 14.6 Å². The molecule has 0 unspecified atom stereocenters. The Morgan fingerprint density at radius 1 is 1.16 bits per heavy atom. The van der Waals surface area contributed by atoms with Crippen molar-refractivity contribution in [2.75, 3.05) is 13.1 Å². The van der Waals surface area contributed by atoms with Gasteiger partial charge in [0.1, 0.15) is 0 Å². The molecule has 2 heterocycles. The Labute approximate surface area is 151 Å². The van der Waals surface area contributed by atoms with Crippen molar-refractivity contribution >= 4 is 23.4 Å². The molecule has 3 rings (SSSR count). The van der Waals surface area contributed by atoms with Crippen LogP contribution in [0.3, 0.4) is 0 Å². The monoisotopic (exact) mass is 360 g/mol. The number of amides is 2. The standard InChI is InChI=1S/C19H21ClN2O3/c20-15-6-3-14(4-7-15)5-8-18(23)22-11-9-16(10-12-22)21-19(24)17-2-1-13-25-17/h1-4,6-7,13,16H,5,8-12H2,(H,21,24). The molecule has 0 saturated carbocycles. The Morgan fingerprint density at radius 3 is 2.52 bits per heavy atom. The van der Waals surface area contributed by atoms with Crippen molar-refractivity contribution in [1.82, 2.24) is 10.2 Å². The largest absolute Gasteiger partial charge is 0.459 e. The molecule has 1 aromatic heterocycles. The molecule has 0 spiro atoms. The molecule has 1 saturated heterocycles. The van der Waals surface area contributed by atoms with Gasteiger partial charge in [0.25, 0.3) is 5.91 Å². The zero-order chi connectivity index (χ0) is 17.6. The summed E-state index contributed by atoms with van der Waals surface area (Å²) in [6.45, 7) is 1.34. The van der Waals surface area contributed by atoms with Crippen LogP contribution >= 0.6 is 11.6 Å². The van der Waals surface area contributed by atoms with Crippen molar-refractivity contribution in [1.29, 1.82) is 0 Å². The van der Waals surface area contributed by atoms with Gasteiger partial charge in [-0.2, -0.15) is 0 Å². The molecule has 6 heteroatoms. The summed E-state index contributed by atoms with van der Waals surface area (Å²) in [6.07, 6.45) is 4.21. The first-order chi connectivity index (χ1) is 12.1. The number of piperidine rings is 1. The van der Waals surface area contributed by atoms with Crippen LogP contribution in [-0.4, -0.2) is 35.8 Å². The average Bonchev–Trinajstić information content (AvgIpc) is 3.16. The number of likely N-dealkylation sites (tertiary alicyclic amines) is 1. The molecule has 0 bridgehead atoms. The third-order valence-electron chi connectivity index (χ3n) is 4.47. The molecule has 2 amide bonds. The Morgan fingerprint density at radius 2 is 1.88 bits per heavy atom. The Balaban J connectivity index is 1.41. The quantitative estimate of drug-likeness (QED) is 0.890. The van der Waals surface area contributed by atoms with E-state index >= 15 is 0 Å². The summed E-state index contributed by atoms with van der Waals surface area (Å²) in [6, 6.07) is 11.0. The molecule has 0 radical (unpaired) electrons. The van der Waals surface area contributed by atoms with Crippen LogP contribution in [0, 0.1) is 0 Å². The van der Waals surface area contributed by atoms with Crippen LogP contribution in [0.5, 0.6) is 0 Å². The van der Waals surface area contributed by atoms with Gasteiger partial charge in [0.05, 0.1) is 6.26 Å². The van der Waals surface area contributed by atoms with E-state index < -0.39 is 0 Å². The van der Waals surface area contributed by atoms with Crippen LogP contribution in [0.4, 0.5) is 0 Å². The van der Waals surface area contributed by atoms with Gasteiger partial charge in [-0.15, -0.1) is 0 Å². The molecule has 2 aromatic rings. The predicted octanol–water partition coefficient (Wildman–Crippen LogP) is 3.29. The number of hydrogen-bond donors (Lipinski definition) is 1. The lowest BCUT2D eigenvalue weighted by molar-refractivity contribution is -0.132. The van der Waals surface area contributed by atoms with Crippen molar-refractivity contribution in [2.24, 2.45) is 0 Å². The molecule has 1 aromatic carbocycles. The van der Waals surface area contributed by atoms with Crippen molar-refractivity contribution < 1.29 is 14.0 Å².